The lowest BCUT2D eigenvalue weighted by Gasteiger charge is -2.15. The van der Waals surface area contributed by atoms with Crippen molar-refractivity contribution in [1.82, 2.24) is 0 Å². The molecule has 1 unspecified atom stereocenters. The minimum Gasteiger partial charge on any atom is -0.207 e. The number of hydrogen-bond acceptors (Lipinski definition) is 0. The molecule has 0 radical (unpaired) electrons. The molecule has 0 N–H and O–H groups in total. The van der Waals surface area contributed by atoms with Crippen molar-refractivity contribution in [3.05, 3.63) is 69.0 Å². The zero-order valence-electron chi connectivity index (χ0n) is 10.8. The number of rotatable bonds is 2. The molecule has 0 aliphatic carbocycles. The largest absolute Gasteiger partial charge is 0.207 e. The second kappa shape index (κ2) is 5.66. The maximum atomic E-state index is 13.8. The van der Waals surface area contributed by atoms with E-state index in [1.165, 1.54) is 19.1 Å². The quantitative estimate of drug-likeness (QED) is 0.623. The van der Waals surface area contributed by atoms with Crippen molar-refractivity contribution < 1.29 is 13.2 Å². The van der Waals surface area contributed by atoms with Gasteiger partial charge in [0, 0.05) is 16.7 Å². The first-order chi connectivity index (χ1) is 9.31. The van der Waals surface area contributed by atoms with Crippen molar-refractivity contribution in [1.29, 1.82) is 0 Å². The van der Waals surface area contributed by atoms with Crippen LogP contribution in [0.3, 0.4) is 0 Å². The van der Waals surface area contributed by atoms with Crippen molar-refractivity contribution in [2.45, 2.75) is 19.2 Å². The zero-order chi connectivity index (χ0) is 15.0. The molecule has 0 aromatic heterocycles. The van der Waals surface area contributed by atoms with Gasteiger partial charge in [-0.15, -0.1) is 11.6 Å². The summed E-state index contributed by atoms with van der Waals surface area (Å²) in [5.74, 6) is -1.86. The van der Waals surface area contributed by atoms with Gasteiger partial charge >= 0.3 is 0 Å². The Bertz CT molecular complexity index is 611. The van der Waals surface area contributed by atoms with Crippen LogP contribution >= 0.6 is 23.2 Å². The van der Waals surface area contributed by atoms with Crippen molar-refractivity contribution in [2.24, 2.45) is 0 Å². The summed E-state index contributed by atoms with van der Waals surface area (Å²) in [7, 11) is 0. The van der Waals surface area contributed by atoms with Crippen molar-refractivity contribution in [3.63, 3.8) is 0 Å². The van der Waals surface area contributed by atoms with Gasteiger partial charge in [-0.1, -0.05) is 11.6 Å². The lowest BCUT2D eigenvalue weighted by atomic mass is 10.00. The second-order valence-electron chi connectivity index (χ2n) is 4.61. The Morgan fingerprint density at radius 2 is 1.30 bits per heavy atom. The molecule has 0 saturated carbocycles. The Labute approximate surface area is 125 Å². The van der Waals surface area contributed by atoms with E-state index in [4.69, 9.17) is 23.2 Å². The van der Waals surface area contributed by atoms with Crippen LogP contribution in [0.4, 0.5) is 13.2 Å². The Kier molecular flexibility index (Phi) is 4.31. The Morgan fingerprint density at radius 1 is 0.800 bits per heavy atom. The molecule has 5 heteroatoms. The van der Waals surface area contributed by atoms with Gasteiger partial charge in [0.05, 0.1) is 5.38 Å². The molecular formula is C15H11Cl2F3. The summed E-state index contributed by atoms with van der Waals surface area (Å²) >= 11 is 12.2. The van der Waals surface area contributed by atoms with Crippen LogP contribution in [-0.2, 0) is 0 Å². The highest BCUT2D eigenvalue weighted by molar-refractivity contribution is 6.33. The van der Waals surface area contributed by atoms with Crippen LogP contribution in [0.25, 0.3) is 0 Å². The summed E-state index contributed by atoms with van der Waals surface area (Å²) in [6.45, 7) is 3.07. The first kappa shape index (κ1) is 15.2. The molecule has 0 aliphatic rings. The molecule has 1 atom stereocenters. The fraction of sp³-hybridized carbons (Fsp3) is 0.200. The van der Waals surface area contributed by atoms with Gasteiger partial charge in [0.1, 0.15) is 17.5 Å². The molecule has 0 bridgehead atoms. The summed E-state index contributed by atoms with van der Waals surface area (Å²) in [4.78, 5) is 0. The molecule has 2 aromatic rings. The van der Waals surface area contributed by atoms with Crippen molar-refractivity contribution in [3.8, 4) is 0 Å². The Balaban J connectivity index is 2.54. The molecule has 0 saturated heterocycles. The van der Waals surface area contributed by atoms with E-state index in [9.17, 15) is 13.2 Å². The molecule has 2 aromatic carbocycles. The third kappa shape index (κ3) is 2.79. The van der Waals surface area contributed by atoms with Gasteiger partial charge in [-0.2, -0.15) is 0 Å². The molecule has 0 aliphatic heterocycles. The van der Waals surface area contributed by atoms with Gasteiger partial charge in [0.2, 0.25) is 0 Å². The van der Waals surface area contributed by atoms with Crippen molar-refractivity contribution >= 4 is 23.2 Å². The van der Waals surface area contributed by atoms with E-state index < -0.39 is 22.8 Å². The fourth-order valence-electron chi connectivity index (χ4n) is 1.92. The molecule has 0 nitrogen and oxygen atoms in total. The average Bonchev–Trinajstić information content (AvgIpc) is 2.37. The molecule has 0 heterocycles. The molecule has 106 valence electrons. The minimum absolute atomic E-state index is 0.106. The first-order valence-corrected chi connectivity index (χ1v) is 6.68. The summed E-state index contributed by atoms with van der Waals surface area (Å²) in [5, 5.41) is -0.810. The van der Waals surface area contributed by atoms with Gasteiger partial charge < -0.3 is 0 Å². The van der Waals surface area contributed by atoms with E-state index in [1.807, 2.05) is 0 Å². The zero-order valence-corrected chi connectivity index (χ0v) is 12.3. The lowest BCUT2D eigenvalue weighted by Crippen LogP contribution is -2.01. The van der Waals surface area contributed by atoms with Crippen LogP contribution in [0.5, 0.6) is 0 Å². The summed E-state index contributed by atoms with van der Waals surface area (Å²) in [6, 6.07) is 4.71. The number of alkyl halides is 1. The maximum Gasteiger partial charge on any atom is 0.131 e. The molecule has 2 rings (SSSR count). The number of benzene rings is 2. The summed E-state index contributed by atoms with van der Waals surface area (Å²) in [5.41, 5.74) is 1.13. The number of aryl methyl sites for hydroxylation is 2. The van der Waals surface area contributed by atoms with E-state index in [2.05, 4.69) is 0 Å². The van der Waals surface area contributed by atoms with Gasteiger partial charge in [-0.25, -0.2) is 13.2 Å². The van der Waals surface area contributed by atoms with Gasteiger partial charge in [0.25, 0.3) is 0 Å². The third-order valence-electron chi connectivity index (χ3n) is 3.10. The van der Waals surface area contributed by atoms with E-state index in [0.29, 0.717) is 11.1 Å². The van der Waals surface area contributed by atoms with Gasteiger partial charge in [-0.05, 0) is 48.7 Å². The minimum atomic E-state index is -0.916. The Morgan fingerprint density at radius 3 is 1.90 bits per heavy atom. The summed E-state index contributed by atoms with van der Waals surface area (Å²) in [6.07, 6.45) is 0. The predicted molar refractivity (Wildman–Crippen MR) is 74.9 cm³/mol. The topological polar surface area (TPSA) is 0 Å². The SMILES string of the molecule is Cc1cc(C(Cl)c2cc(C)c(F)cc2Cl)c(F)cc1F. The van der Waals surface area contributed by atoms with Crippen LogP contribution in [-0.4, -0.2) is 0 Å². The molecule has 20 heavy (non-hydrogen) atoms. The normalized spacial score (nSPS) is 12.6. The average molecular weight is 319 g/mol. The highest BCUT2D eigenvalue weighted by Gasteiger charge is 2.20. The maximum absolute atomic E-state index is 13.8. The summed E-state index contributed by atoms with van der Waals surface area (Å²) < 4.78 is 40.5. The van der Waals surface area contributed by atoms with Crippen LogP contribution in [0.1, 0.15) is 27.6 Å². The lowest BCUT2D eigenvalue weighted by molar-refractivity contribution is 0.568. The second-order valence-corrected chi connectivity index (χ2v) is 5.45. The molecule has 0 fully saturated rings. The number of hydrogen-bond donors (Lipinski definition) is 0. The van der Waals surface area contributed by atoms with E-state index >= 15 is 0 Å². The van der Waals surface area contributed by atoms with Crippen LogP contribution < -0.4 is 0 Å². The van der Waals surface area contributed by atoms with Crippen LogP contribution in [0.2, 0.25) is 5.02 Å². The third-order valence-corrected chi connectivity index (χ3v) is 3.90. The van der Waals surface area contributed by atoms with Gasteiger partial charge in [0.15, 0.2) is 0 Å². The Hall–Kier alpha value is -1.19. The van der Waals surface area contributed by atoms with E-state index in [-0.39, 0.29) is 16.1 Å². The van der Waals surface area contributed by atoms with Crippen LogP contribution in [0, 0.1) is 31.3 Å². The molecule has 0 amide bonds. The highest BCUT2D eigenvalue weighted by atomic mass is 35.5. The fourth-order valence-corrected chi connectivity index (χ4v) is 2.58. The molecular weight excluding hydrogens is 308 g/mol. The predicted octanol–water partition coefficient (Wildman–Crippen LogP) is 5.70. The smallest absolute Gasteiger partial charge is 0.131 e. The van der Waals surface area contributed by atoms with E-state index in [0.717, 1.165) is 12.1 Å². The monoisotopic (exact) mass is 318 g/mol. The first-order valence-electron chi connectivity index (χ1n) is 5.86. The van der Waals surface area contributed by atoms with E-state index in [1.54, 1.807) is 6.92 Å². The highest BCUT2D eigenvalue weighted by Crippen LogP contribution is 2.36. The van der Waals surface area contributed by atoms with Gasteiger partial charge in [-0.3, -0.25) is 0 Å². The number of halogens is 5. The molecule has 0 spiro atoms. The standard InChI is InChI=1S/C15H11Cl2F3/c1-7-3-9(11(16)5-12(7)18)15(17)10-4-8(2)13(19)6-14(10)20/h3-6,15H,1-2H3. The van der Waals surface area contributed by atoms with Crippen molar-refractivity contribution in [2.75, 3.05) is 0 Å². The van der Waals surface area contributed by atoms with Crippen LogP contribution in [0.15, 0.2) is 24.3 Å².